The molecular formula is C13H14BrNO. The van der Waals surface area contributed by atoms with Crippen LogP contribution >= 0.6 is 15.9 Å². The number of rotatable bonds is 4. The van der Waals surface area contributed by atoms with Crippen molar-refractivity contribution in [3.63, 3.8) is 0 Å². The molecule has 3 heteroatoms. The number of hydrogen-bond acceptors (Lipinski definition) is 2. The Kier molecular flexibility index (Phi) is 3.80. The monoisotopic (exact) mass is 279 g/mol. The Hall–Kier alpha value is -1.06. The van der Waals surface area contributed by atoms with Gasteiger partial charge in [-0.3, -0.25) is 0 Å². The van der Waals surface area contributed by atoms with E-state index in [1.165, 1.54) is 5.56 Å². The van der Waals surface area contributed by atoms with Crippen molar-refractivity contribution in [2.24, 2.45) is 0 Å². The van der Waals surface area contributed by atoms with E-state index < -0.39 is 0 Å². The predicted molar refractivity (Wildman–Crippen MR) is 68.1 cm³/mol. The zero-order chi connectivity index (χ0) is 11.4. The minimum absolute atomic E-state index is 0.235. The molecule has 0 saturated heterocycles. The molecule has 1 N–H and O–H groups in total. The lowest BCUT2D eigenvalue weighted by atomic mass is 10.2. The maximum atomic E-state index is 5.33. The van der Waals surface area contributed by atoms with Crippen molar-refractivity contribution >= 4 is 15.9 Å². The summed E-state index contributed by atoms with van der Waals surface area (Å²) in [6.45, 7) is 2.94. The van der Waals surface area contributed by atoms with Crippen molar-refractivity contribution in [1.29, 1.82) is 0 Å². The van der Waals surface area contributed by atoms with E-state index in [1.54, 1.807) is 6.26 Å². The zero-order valence-corrected chi connectivity index (χ0v) is 10.7. The summed E-state index contributed by atoms with van der Waals surface area (Å²) in [5.41, 5.74) is 1.27. The predicted octanol–water partition coefficient (Wildman–Crippen LogP) is 3.89. The largest absolute Gasteiger partial charge is 0.468 e. The summed E-state index contributed by atoms with van der Waals surface area (Å²) < 4.78 is 6.44. The third-order valence-electron chi connectivity index (χ3n) is 2.50. The van der Waals surface area contributed by atoms with Crippen LogP contribution in [0.1, 0.15) is 24.3 Å². The Morgan fingerprint density at radius 2 is 2.00 bits per heavy atom. The normalized spacial score (nSPS) is 12.6. The summed E-state index contributed by atoms with van der Waals surface area (Å²) in [5.74, 6) is 0.970. The van der Waals surface area contributed by atoms with Gasteiger partial charge in [-0.15, -0.1) is 0 Å². The fourth-order valence-corrected chi connectivity index (χ4v) is 1.78. The van der Waals surface area contributed by atoms with Crippen LogP contribution in [0.5, 0.6) is 0 Å². The van der Waals surface area contributed by atoms with Gasteiger partial charge < -0.3 is 9.73 Å². The second-order valence-electron chi connectivity index (χ2n) is 3.74. The second kappa shape index (κ2) is 5.32. The summed E-state index contributed by atoms with van der Waals surface area (Å²) >= 11 is 3.42. The van der Waals surface area contributed by atoms with Crippen LogP contribution < -0.4 is 5.32 Å². The first-order valence-corrected chi connectivity index (χ1v) is 6.06. The fourth-order valence-electron chi connectivity index (χ4n) is 1.51. The molecule has 0 aliphatic carbocycles. The van der Waals surface area contributed by atoms with Gasteiger partial charge in [-0.25, -0.2) is 0 Å². The molecule has 0 aliphatic heterocycles. The minimum atomic E-state index is 0.235. The van der Waals surface area contributed by atoms with Crippen molar-refractivity contribution < 1.29 is 4.42 Å². The molecule has 0 spiro atoms. The maximum Gasteiger partial charge on any atom is 0.120 e. The summed E-state index contributed by atoms with van der Waals surface area (Å²) in [5, 5.41) is 3.41. The number of nitrogens with one attached hydrogen (secondary N) is 1. The summed E-state index contributed by atoms with van der Waals surface area (Å²) in [7, 11) is 0. The molecular weight excluding hydrogens is 266 g/mol. The lowest BCUT2D eigenvalue weighted by Gasteiger charge is -2.11. The van der Waals surface area contributed by atoms with Crippen LogP contribution in [0.2, 0.25) is 0 Å². The highest BCUT2D eigenvalue weighted by Gasteiger charge is 2.06. The van der Waals surface area contributed by atoms with Gasteiger partial charge in [0, 0.05) is 11.0 Å². The lowest BCUT2D eigenvalue weighted by molar-refractivity contribution is 0.430. The molecule has 0 fully saturated rings. The van der Waals surface area contributed by atoms with E-state index in [4.69, 9.17) is 4.42 Å². The van der Waals surface area contributed by atoms with Crippen LogP contribution in [-0.4, -0.2) is 0 Å². The molecule has 1 aromatic heterocycles. The van der Waals surface area contributed by atoms with Crippen molar-refractivity contribution in [2.45, 2.75) is 19.5 Å². The van der Waals surface area contributed by atoms with Crippen molar-refractivity contribution in [3.8, 4) is 0 Å². The van der Waals surface area contributed by atoms with Crippen LogP contribution in [0, 0.1) is 0 Å². The SMILES string of the molecule is CC(NCc1ccc(Br)cc1)c1ccco1. The molecule has 1 heterocycles. The van der Waals surface area contributed by atoms with Crippen molar-refractivity contribution in [1.82, 2.24) is 5.32 Å². The molecule has 0 bridgehead atoms. The highest BCUT2D eigenvalue weighted by Crippen LogP contribution is 2.14. The molecule has 0 amide bonds. The highest BCUT2D eigenvalue weighted by molar-refractivity contribution is 9.10. The quantitative estimate of drug-likeness (QED) is 0.919. The number of hydrogen-bond donors (Lipinski definition) is 1. The minimum Gasteiger partial charge on any atom is -0.468 e. The van der Waals surface area contributed by atoms with Gasteiger partial charge in [0.2, 0.25) is 0 Å². The van der Waals surface area contributed by atoms with E-state index in [0.29, 0.717) is 0 Å². The summed E-state index contributed by atoms with van der Waals surface area (Å²) in [4.78, 5) is 0. The summed E-state index contributed by atoms with van der Waals surface area (Å²) in [6.07, 6.45) is 1.70. The average molecular weight is 280 g/mol. The van der Waals surface area contributed by atoms with Gasteiger partial charge in [-0.05, 0) is 36.8 Å². The molecule has 0 radical (unpaired) electrons. The Morgan fingerprint density at radius 3 is 2.62 bits per heavy atom. The Bertz CT molecular complexity index is 422. The molecule has 2 aromatic rings. The van der Waals surface area contributed by atoms with Crippen LogP contribution in [0.25, 0.3) is 0 Å². The molecule has 2 rings (SSSR count). The van der Waals surface area contributed by atoms with E-state index in [9.17, 15) is 0 Å². The average Bonchev–Trinajstić information content (AvgIpc) is 2.81. The third-order valence-corrected chi connectivity index (χ3v) is 3.02. The Balaban J connectivity index is 1.90. The molecule has 0 saturated carbocycles. The molecule has 84 valence electrons. The summed E-state index contributed by atoms with van der Waals surface area (Å²) in [6, 6.07) is 12.4. The molecule has 1 unspecified atom stereocenters. The van der Waals surface area contributed by atoms with E-state index in [1.807, 2.05) is 12.1 Å². The molecule has 0 aliphatic rings. The zero-order valence-electron chi connectivity index (χ0n) is 9.11. The molecule has 1 aromatic carbocycles. The number of benzene rings is 1. The maximum absolute atomic E-state index is 5.33. The van der Waals surface area contributed by atoms with Crippen LogP contribution in [-0.2, 0) is 6.54 Å². The van der Waals surface area contributed by atoms with Crippen LogP contribution in [0.15, 0.2) is 51.6 Å². The number of halogens is 1. The van der Waals surface area contributed by atoms with Crippen molar-refractivity contribution in [2.75, 3.05) is 0 Å². The fraction of sp³-hybridized carbons (Fsp3) is 0.231. The third kappa shape index (κ3) is 2.97. The van der Waals surface area contributed by atoms with Gasteiger partial charge in [-0.1, -0.05) is 28.1 Å². The van der Waals surface area contributed by atoms with E-state index >= 15 is 0 Å². The topological polar surface area (TPSA) is 25.2 Å². The number of furan rings is 1. The smallest absolute Gasteiger partial charge is 0.120 e. The second-order valence-corrected chi connectivity index (χ2v) is 4.66. The van der Waals surface area contributed by atoms with Gasteiger partial charge in [0.1, 0.15) is 5.76 Å². The Labute approximate surface area is 104 Å². The lowest BCUT2D eigenvalue weighted by Crippen LogP contribution is -2.17. The van der Waals surface area contributed by atoms with Gasteiger partial charge in [0.25, 0.3) is 0 Å². The van der Waals surface area contributed by atoms with Gasteiger partial charge >= 0.3 is 0 Å². The van der Waals surface area contributed by atoms with E-state index in [2.05, 4.69) is 52.4 Å². The van der Waals surface area contributed by atoms with Crippen LogP contribution in [0.3, 0.4) is 0 Å². The van der Waals surface area contributed by atoms with Gasteiger partial charge in [-0.2, -0.15) is 0 Å². The first-order chi connectivity index (χ1) is 7.75. The molecule has 16 heavy (non-hydrogen) atoms. The van der Waals surface area contributed by atoms with Gasteiger partial charge in [0.05, 0.1) is 12.3 Å². The highest BCUT2D eigenvalue weighted by atomic mass is 79.9. The van der Waals surface area contributed by atoms with E-state index in [0.717, 1.165) is 16.8 Å². The molecule has 1 atom stereocenters. The first-order valence-electron chi connectivity index (χ1n) is 5.27. The Morgan fingerprint density at radius 1 is 1.25 bits per heavy atom. The van der Waals surface area contributed by atoms with Crippen molar-refractivity contribution in [3.05, 3.63) is 58.5 Å². The van der Waals surface area contributed by atoms with E-state index in [-0.39, 0.29) is 6.04 Å². The molecule has 2 nitrogen and oxygen atoms in total. The van der Waals surface area contributed by atoms with Gasteiger partial charge in [0.15, 0.2) is 0 Å². The first kappa shape index (κ1) is 11.4. The standard InChI is InChI=1S/C13H14BrNO/c1-10(13-3-2-8-16-13)15-9-11-4-6-12(14)7-5-11/h2-8,10,15H,9H2,1H3. The van der Waals surface area contributed by atoms with Crippen LogP contribution in [0.4, 0.5) is 0 Å².